The molecule has 0 unspecified atom stereocenters. The molecule has 1 N–H and O–H groups in total. The average molecular weight is 407 g/mol. The van der Waals surface area contributed by atoms with Crippen LogP contribution in [0.2, 0.25) is 0 Å². The van der Waals surface area contributed by atoms with E-state index in [1.165, 1.54) is 19.2 Å². The van der Waals surface area contributed by atoms with Crippen molar-refractivity contribution >= 4 is 21.6 Å². The molecule has 152 valence electrons. The quantitative estimate of drug-likeness (QED) is 0.580. The second kappa shape index (κ2) is 10.7. The number of hydrogen-bond acceptors (Lipinski definition) is 5. The Balaban J connectivity index is 2.23. The van der Waals surface area contributed by atoms with Gasteiger partial charge in [0, 0.05) is 25.8 Å². The highest BCUT2D eigenvalue weighted by Crippen LogP contribution is 2.26. The van der Waals surface area contributed by atoms with Crippen LogP contribution in [0.25, 0.3) is 0 Å². The zero-order valence-corrected chi connectivity index (χ0v) is 16.9. The number of amides is 1. The van der Waals surface area contributed by atoms with E-state index in [4.69, 9.17) is 9.47 Å². The molecule has 0 atom stereocenters. The van der Waals surface area contributed by atoms with Crippen molar-refractivity contribution in [2.24, 2.45) is 0 Å². The van der Waals surface area contributed by atoms with Crippen LogP contribution in [-0.4, -0.2) is 47.7 Å². The minimum Gasteiger partial charge on any atom is -0.497 e. The molecule has 0 aliphatic carbocycles. The van der Waals surface area contributed by atoms with E-state index in [-0.39, 0.29) is 17.3 Å². The maximum Gasteiger partial charge on any atom is 0.264 e. The Bertz CT molecular complexity index is 856. The molecule has 7 nitrogen and oxygen atoms in total. The van der Waals surface area contributed by atoms with E-state index in [0.717, 1.165) is 4.31 Å². The number of nitrogens with zero attached hydrogens (tertiary/aromatic N) is 1. The minimum absolute atomic E-state index is 0.113. The van der Waals surface area contributed by atoms with Gasteiger partial charge in [-0.3, -0.25) is 9.10 Å². The third kappa shape index (κ3) is 5.97. The van der Waals surface area contributed by atoms with Gasteiger partial charge in [0.25, 0.3) is 10.0 Å². The number of carbonyl (C=O) groups excluding carboxylic acids is 1. The summed E-state index contributed by atoms with van der Waals surface area (Å²) in [5.74, 6) is 0.113. The molecule has 0 heterocycles. The molecule has 0 bridgehead atoms. The summed E-state index contributed by atoms with van der Waals surface area (Å²) in [7, 11) is -2.42. The van der Waals surface area contributed by atoms with Crippen LogP contribution >= 0.6 is 0 Å². The number of benzene rings is 2. The van der Waals surface area contributed by atoms with Crippen molar-refractivity contribution in [1.29, 1.82) is 0 Å². The summed E-state index contributed by atoms with van der Waals surface area (Å²) in [5, 5.41) is 2.74. The summed E-state index contributed by atoms with van der Waals surface area (Å²) in [6.07, 6.45) is 0.657. The largest absolute Gasteiger partial charge is 0.497 e. The van der Waals surface area contributed by atoms with Crippen LogP contribution in [0.3, 0.4) is 0 Å². The van der Waals surface area contributed by atoms with Gasteiger partial charge in [0.15, 0.2) is 0 Å². The molecule has 8 heteroatoms. The molecule has 0 spiro atoms. The fraction of sp³-hybridized carbons (Fsp3) is 0.350. The number of hydrogen-bond donors (Lipinski definition) is 1. The maximum absolute atomic E-state index is 13.2. The normalized spacial score (nSPS) is 11.1. The number of rotatable bonds is 11. The van der Waals surface area contributed by atoms with E-state index < -0.39 is 10.0 Å². The molecule has 2 aromatic rings. The van der Waals surface area contributed by atoms with Gasteiger partial charge in [-0.15, -0.1) is 0 Å². The molecular formula is C20H26N2O5S. The van der Waals surface area contributed by atoms with Crippen molar-refractivity contribution in [2.45, 2.75) is 18.2 Å². The molecule has 0 aliphatic heterocycles. The lowest BCUT2D eigenvalue weighted by Crippen LogP contribution is -2.41. The van der Waals surface area contributed by atoms with E-state index in [1.807, 2.05) is 6.92 Å². The minimum atomic E-state index is -3.92. The zero-order chi connectivity index (χ0) is 20.4. The van der Waals surface area contributed by atoms with Gasteiger partial charge in [-0.05, 0) is 37.6 Å². The van der Waals surface area contributed by atoms with Crippen molar-refractivity contribution in [3.05, 3.63) is 54.6 Å². The number of methoxy groups -OCH3 is 1. The average Bonchev–Trinajstić information content (AvgIpc) is 2.72. The molecule has 28 heavy (non-hydrogen) atoms. The van der Waals surface area contributed by atoms with Gasteiger partial charge in [0.1, 0.15) is 12.3 Å². The predicted octanol–water partition coefficient (Wildman–Crippen LogP) is 2.43. The lowest BCUT2D eigenvalue weighted by Gasteiger charge is -2.24. The van der Waals surface area contributed by atoms with Crippen molar-refractivity contribution in [2.75, 3.05) is 37.7 Å². The first-order chi connectivity index (χ1) is 13.5. The number of ether oxygens (including phenoxy) is 2. The number of anilines is 1. The lowest BCUT2D eigenvalue weighted by molar-refractivity contribution is -0.119. The highest BCUT2D eigenvalue weighted by atomic mass is 32.2. The van der Waals surface area contributed by atoms with E-state index in [2.05, 4.69) is 5.32 Å². The van der Waals surface area contributed by atoms with E-state index >= 15 is 0 Å². The van der Waals surface area contributed by atoms with Crippen LogP contribution < -0.4 is 14.4 Å². The fourth-order valence-corrected chi connectivity index (χ4v) is 3.97. The summed E-state index contributed by atoms with van der Waals surface area (Å²) in [6, 6.07) is 14.6. The van der Waals surface area contributed by atoms with E-state index in [1.54, 1.807) is 42.5 Å². The third-order valence-corrected chi connectivity index (χ3v) is 5.74. The van der Waals surface area contributed by atoms with E-state index in [0.29, 0.717) is 37.6 Å². The van der Waals surface area contributed by atoms with Gasteiger partial charge < -0.3 is 14.8 Å². The van der Waals surface area contributed by atoms with Crippen molar-refractivity contribution in [3.63, 3.8) is 0 Å². The first kappa shape index (κ1) is 21.7. The maximum atomic E-state index is 13.2. The van der Waals surface area contributed by atoms with Crippen LogP contribution in [0.15, 0.2) is 59.5 Å². The van der Waals surface area contributed by atoms with Crippen LogP contribution in [-0.2, 0) is 19.6 Å². The third-order valence-electron chi connectivity index (χ3n) is 3.95. The molecule has 0 saturated heterocycles. The molecule has 0 fully saturated rings. The molecule has 2 aromatic carbocycles. The van der Waals surface area contributed by atoms with Crippen LogP contribution in [0.1, 0.15) is 13.3 Å². The van der Waals surface area contributed by atoms with E-state index in [9.17, 15) is 13.2 Å². The summed E-state index contributed by atoms with van der Waals surface area (Å²) in [4.78, 5) is 12.5. The zero-order valence-electron chi connectivity index (χ0n) is 16.1. The monoisotopic (exact) mass is 406 g/mol. The van der Waals surface area contributed by atoms with Crippen molar-refractivity contribution in [3.8, 4) is 5.75 Å². The van der Waals surface area contributed by atoms with Gasteiger partial charge in [0.2, 0.25) is 5.91 Å². The molecule has 1 amide bonds. The predicted molar refractivity (Wildman–Crippen MR) is 108 cm³/mol. The number of carbonyl (C=O) groups is 1. The number of nitrogens with one attached hydrogen (secondary N) is 1. The van der Waals surface area contributed by atoms with Gasteiger partial charge in [-0.25, -0.2) is 8.42 Å². The topological polar surface area (TPSA) is 84.9 Å². The van der Waals surface area contributed by atoms with Crippen molar-refractivity contribution in [1.82, 2.24) is 5.32 Å². The smallest absolute Gasteiger partial charge is 0.264 e. The lowest BCUT2D eigenvalue weighted by atomic mass is 10.3. The summed E-state index contributed by atoms with van der Waals surface area (Å²) < 4.78 is 37.8. The Morgan fingerprint density at radius 1 is 1.11 bits per heavy atom. The first-order valence-corrected chi connectivity index (χ1v) is 10.5. The van der Waals surface area contributed by atoms with Gasteiger partial charge in [-0.1, -0.05) is 24.3 Å². The second-order valence-corrected chi connectivity index (χ2v) is 7.79. The highest BCUT2D eigenvalue weighted by Gasteiger charge is 2.27. The molecule has 2 rings (SSSR count). The highest BCUT2D eigenvalue weighted by molar-refractivity contribution is 7.92. The van der Waals surface area contributed by atoms with Crippen LogP contribution in [0.4, 0.5) is 5.69 Å². The Labute approximate surface area is 166 Å². The Morgan fingerprint density at radius 3 is 2.54 bits per heavy atom. The standard InChI is InChI=1S/C20H26N2O5S/c1-3-27-14-8-13-21-20(23)16-22(17-9-7-10-18(15-17)26-2)28(24,25)19-11-5-4-6-12-19/h4-7,9-12,15H,3,8,13-14,16H2,1-2H3,(H,21,23). The fourth-order valence-electron chi connectivity index (χ4n) is 2.53. The van der Waals surface area contributed by atoms with Crippen LogP contribution in [0.5, 0.6) is 5.75 Å². The van der Waals surface area contributed by atoms with Gasteiger partial charge in [-0.2, -0.15) is 0 Å². The Hall–Kier alpha value is -2.58. The molecule has 0 radical (unpaired) electrons. The number of sulfonamides is 1. The summed E-state index contributed by atoms with van der Waals surface area (Å²) in [6.45, 7) is 3.14. The molecule has 0 aliphatic rings. The van der Waals surface area contributed by atoms with Crippen molar-refractivity contribution < 1.29 is 22.7 Å². The van der Waals surface area contributed by atoms with Crippen LogP contribution in [0, 0.1) is 0 Å². The molecular weight excluding hydrogens is 380 g/mol. The van der Waals surface area contributed by atoms with Gasteiger partial charge >= 0.3 is 0 Å². The SMILES string of the molecule is CCOCCCNC(=O)CN(c1cccc(OC)c1)S(=O)(=O)c1ccccc1. The Morgan fingerprint density at radius 2 is 1.86 bits per heavy atom. The van der Waals surface area contributed by atoms with Gasteiger partial charge in [0.05, 0.1) is 17.7 Å². The second-order valence-electron chi connectivity index (χ2n) is 5.93. The Kier molecular flexibility index (Phi) is 8.28. The summed E-state index contributed by atoms with van der Waals surface area (Å²) >= 11 is 0. The molecule has 0 aromatic heterocycles. The first-order valence-electron chi connectivity index (χ1n) is 9.05. The summed E-state index contributed by atoms with van der Waals surface area (Å²) in [5.41, 5.74) is 0.354. The molecule has 0 saturated carbocycles.